The Morgan fingerprint density at radius 2 is 2.18 bits per heavy atom. The number of carbonyl (C=O) groups excluding carboxylic acids is 1. The van der Waals surface area contributed by atoms with Crippen molar-refractivity contribution in [2.75, 3.05) is 0 Å². The van der Waals surface area contributed by atoms with Crippen LogP contribution in [0.25, 0.3) is 10.2 Å². The molecule has 4 rings (SSSR count). The topological polar surface area (TPSA) is 74.8 Å². The molecule has 1 aliphatic rings. The SMILES string of the molecule is CC(NC(=O)CCc1nc2sc3c(c2c(=O)[nH]1)CCC3)c1ccc(F)cc1F. The van der Waals surface area contributed by atoms with E-state index in [1.54, 1.807) is 18.3 Å². The maximum Gasteiger partial charge on any atom is 0.259 e. The van der Waals surface area contributed by atoms with E-state index in [1.807, 2.05) is 0 Å². The molecule has 0 fully saturated rings. The molecule has 2 heterocycles. The summed E-state index contributed by atoms with van der Waals surface area (Å²) in [6, 6.07) is 2.67. The third-order valence-corrected chi connectivity index (χ3v) is 6.21. The number of rotatable bonds is 5. The summed E-state index contributed by atoms with van der Waals surface area (Å²) in [5.74, 6) is -1.19. The molecule has 0 saturated heterocycles. The smallest absolute Gasteiger partial charge is 0.259 e. The lowest BCUT2D eigenvalue weighted by Crippen LogP contribution is -2.27. The van der Waals surface area contributed by atoms with Crippen molar-refractivity contribution in [1.29, 1.82) is 0 Å². The van der Waals surface area contributed by atoms with E-state index in [0.717, 1.165) is 41.8 Å². The fraction of sp³-hybridized carbons (Fsp3) is 0.350. The number of nitrogens with one attached hydrogen (secondary N) is 2. The predicted molar refractivity (Wildman–Crippen MR) is 104 cm³/mol. The number of hydrogen-bond acceptors (Lipinski definition) is 4. The van der Waals surface area contributed by atoms with Crippen molar-refractivity contribution in [3.8, 4) is 0 Å². The molecule has 1 atom stereocenters. The van der Waals surface area contributed by atoms with Crippen LogP contribution in [0.1, 0.15) is 47.6 Å². The Balaban J connectivity index is 1.43. The Bertz CT molecular complexity index is 1120. The first kappa shape index (κ1) is 18.7. The molecule has 0 saturated carbocycles. The zero-order valence-corrected chi connectivity index (χ0v) is 16.1. The van der Waals surface area contributed by atoms with Crippen LogP contribution in [0.5, 0.6) is 0 Å². The van der Waals surface area contributed by atoms with Crippen LogP contribution >= 0.6 is 11.3 Å². The lowest BCUT2D eigenvalue weighted by molar-refractivity contribution is -0.121. The number of fused-ring (bicyclic) bond motifs is 3. The highest BCUT2D eigenvalue weighted by Crippen LogP contribution is 2.34. The van der Waals surface area contributed by atoms with Crippen molar-refractivity contribution in [3.63, 3.8) is 0 Å². The number of H-pyrrole nitrogens is 1. The number of aromatic nitrogens is 2. The fourth-order valence-corrected chi connectivity index (χ4v) is 4.92. The Morgan fingerprint density at radius 1 is 1.36 bits per heavy atom. The van der Waals surface area contributed by atoms with Crippen molar-refractivity contribution in [2.24, 2.45) is 0 Å². The van der Waals surface area contributed by atoms with E-state index in [1.165, 1.54) is 10.9 Å². The van der Waals surface area contributed by atoms with Crippen molar-refractivity contribution < 1.29 is 13.6 Å². The molecule has 0 spiro atoms. The van der Waals surface area contributed by atoms with Crippen molar-refractivity contribution in [1.82, 2.24) is 15.3 Å². The van der Waals surface area contributed by atoms with Gasteiger partial charge in [-0.1, -0.05) is 6.07 Å². The van der Waals surface area contributed by atoms with Crippen molar-refractivity contribution >= 4 is 27.5 Å². The van der Waals surface area contributed by atoms with Gasteiger partial charge < -0.3 is 10.3 Å². The van der Waals surface area contributed by atoms with Gasteiger partial charge in [0.2, 0.25) is 5.91 Å². The first-order valence-electron chi connectivity index (χ1n) is 9.20. The number of thiophene rings is 1. The molecule has 2 aromatic heterocycles. The maximum atomic E-state index is 13.8. The highest BCUT2D eigenvalue weighted by atomic mass is 32.1. The zero-order valence-electron chi connectivity index (χ0n) is 15.3. The molecule has 1 unspecified atom stereocenters. The molecule has 8 heteroatoms. The number of carbonyl (C=O) groups is 1. The fourth-order valence-electron chi connectivity index (χ4n) is 3.64. The first-order chi connectivity index (χ1) is 13.4. The first-order valence-corrected chi connectivity index (χ1v) is 10.0. The van der Waals surface area contributed by atoms with Gasteiger partial charge >= 0.3 is 0 Å². The van der Waals surface area contributed by atoms with Gasteiger partial charge in [0.15, 0.2) is 0 Å². The molecule has 1 aromatic carbocycles. The van der Waals surface area contributed by atoms with Crippen LogP contribution in [0.2, 0.25) is 0 Å². The minimum atomic E-state index is -0.699. The number of aromatic amines is 1. The monoisotopic (exact) mass is 403 g/mol. The van der Waals surface area contributed by atoms with E-state index in [2.05, 4.69) is 15.3 Å². The van der Waals surface area contributed by atoms with Crippen LogP contribution in [0.15, 0.2) is 23.0 Å². The molecule has 146 valence electrons. The zero-order chi connectivity index (χ0) is 19.8. The molecule has 3 aromatic rings. The van der Waals surface area contributed by atoms with Crippen LogP contribution in [-0.4, -0.2) is 15.9 Å². The highest BCUT2D eigenvalue weighted by molar-refractivity contribution is 7.18. The standard InChI is InChI=1S/C20H19F2N3O2S/c1-10(12-6-5-11(21)9-14(12)22)23-17(26)8-7-16-24-19(27)18-13-3-2-4-15(13)28-20(18)25-16/h5-6,9-10H,2-4,7-8H2,1H3,(H,23,26)(H,24,25,27). The molecular formula is C20H19F2N3O2S. The maximum absolute atomic E-state index is 13.8. The second kappa shape index (κ2) is 7.43. The lowest BCUT2D eigenvalue weighted by Gasteiger charge is -2.15. The lowest BCUT2D eigenvalue weighted by atomic mass is 10.1. The molecule has 0 aliphatic heterocycles. The van der Waals surface area contributed by atoms with E-state index >= 15 is 0 Å². The summed E-state index contributed by atoms with van der Waals surface area (Å²) in [4.78, 5) is 33.9. The van der Waals surface area contributed by atoms with Crippen LogP contribution in [-0.2, 0) is 24.1 Å². The van der Waals surface area contributed by atoms with Gasteiger partial charge in [-0.05, 0) is 37.8 Å². The summed E-state index contributed by atoms with van der Waals surface area (Å²) in [7, 11) is 0. The van der Waals surface area contributed by atoms with Gasteiger partial charge in [0.25, 0.3) is 5.56 Å². The molecule has 28 heavy (non-hydrogen) atoms. The summed E-state index contributed by atoms with van der Waals surface area (Å²) >= 11 is 1.56. The second-order valence-electron chi connectivity index (χ2n) is 7.01. The number of nitrogens with zero attached hydrogens (tertiary/aromatic N) is 1. The van der Waals surface area contributed by atoms with Crippen LogP contribution in [0, 0.1) is 11.6 Å². The Morgan fingerprint density at radius 3 is 2.96 bits per heavy atom. The number of aryl methyl sites for hydroxylation is 3. The summed E-state index contributed by atoms with van der Waals surface area (Å²) in [6.45, 7) is 1.63. The Kier molecular flexibility index (Phi) is 4.97. The number of halogens is 2. The van der Waals surface area contributed by atoms with E-state index in [4.69, 9.17) is 0 Å². The largest absolute Gasteiger partial charge is 0.349 e. The van der Waals surface area contributed by atoms with Gasteiger partial charge in [-0.2, -0.15) is 0 Å². The van der Waals surface area contributed by atoms with E-state index in [0.29, 0.717) is 11.2 Å². The second-order valence-corrected chi connectivity index (χ2v) is 8.09. The molecular weight excluding hydrogens is 384 g/mol. The van der Waals surface area contributed by atoms with Gasteiger partial charge in [-0.15, -0.1) is 11.3 Å². The number of amides is 1. The number of hydrogen-bond donors (Lipinski definition) is 2. The predicted octanol–water partition coefficient (Wildman–Crippen LogP) is 3.56. The molecule has 5 nitrogen and oxygen atoms in total. The minimum absolute atomic E-state index is 0.104. The minimum Gasteiger partial charge on any atom is -0.349 e. The van der Waals surface area contributed by atoms with Gasteiger partial charge in [-0.3, -0.25) is 9.59 Å². The molecule has 0 radical (unpaired) electrons. The Hall–Kier alpha value is -2.61. The van der Waals surface area contributed by atoms with Gasteiger partial charge in [0, 0.05) is 29.3 Å². The highest BCUT2D eigenvalue weighted by Gasteiger charge is 2.21. The van der Waals surface area contributed by atoms with Crippen LogP contribution in [0.3, 0.4) is 0 Å². The van der Waals surface area contributed by atoms with Crippen LogP contribution in [0.4, 0.5) is 8.78 Å². The van der Waals surface area contributed by atoms with Gasteiger partial charge in [0.1, 0.15) is 22.3 Å². The normalized spacial score (nSPS) is 14.2. The van der Waals surface area contributed by atoms with Gasteiger partial charge in [0.05, 0.1) is 11.4 Å². The van der Waals surface area contributed by atoms with E-state index < -0.39 is 17.7 Å². The van der Waals surface area contributed by atoms with E-state index in [9.17, 15) is 18.4 Å². The average molecular weight is 403 g/mol. The Labute approximate surface area is 163 Å². The average Bonchev–Trinajstić information content (AvgIpc) is 3.20. The number of benzene rings is 1. The third kappa shape index (κ3) is 3.56. The van der Waals surface area contributed by atoms with Gasteiger partial charge in [-0.25, -0.2) is 13.8 Å². The summed E-state index contributed by atoms with van der Waals surface area (Å²) < 4.78 is 26.8. The quantitative estimate of drug-likeness (QED) is 0.684. The molecule has 2 N–H and O–H groups in total. The summed E-state index contributed by atoms with van der Waals surface area (Å²) in [5, 5.41) is 3.38. The van der Waals surface area contributed by atoms with Crippen molar-refractivity contribution in [2.45, 2.75) is 45.1 Å². The van der Waals surface area contributed by atoms with E-state index in [-0.39, 0.29) is 29.9 Å². The molecule has 1 amide bonds. The summed E-state index contributed by atoms with van der Waals surface area (Å²) in [5.41, 5.74) is 1.19. The van der Waals surface area contributed by atoms with Crippen molar-refractivity contribution in [3.05, 3.63) is 62.0 Å². The summed E-state index contributed by atoms with van der Waals surface area (Å²) in [6.07, 6.45) is 3.36. The molecule has 0 bridgehead atoms. The van der Waals surface area contributed by atoms with Crippen LogP contribution < -0.4 is 10.9 Å². The molecule has 1 aliphatic carbocycles. The third-order valence-electron chi connectivity index (χ3n) is 5.02.